The van der Waals surface area contributed by atoms with Gasteiger partial charge in [-0.05, 0) is 57.0 Å². The average Bonchev–Trinajstić information content (AvgIpc) is 3.07. The van der Waals surface area contributed by atoms with Crippen molar-refractivity contribution in [3.05, 3.63) is 47.4 Å². The van der Waals surface area contributed by atoms with E-state index in [4.69, 9.17) is 13.9 Å². The van der Waals surface area contributed by atoms with Gasteiger partial charge in [0.25, 0.3) is 5.91 Å². The first kappa shape index (κ1) is 20.8. The number of quaternary nitrogens is 1. The lowest BCUT2D eigenvalue weighted by atomic mass is 10.1. The molecule has 1 aromatic heterocycles. The minimum Gasteiger partial charge on any atom is -0.493 e. The molecule has 0 atom stereocenters. The van der Waals surface area contributed by atoms with Crippen molar-refractivity contribution in [2.45, 2.75) is 39.8 Å². The van der Waals surface area contributed by atoms with Gasteiger partial charge in [-0.15, -0.1) is 0 Å². The Balaban J connectivity index is 2.07. The van der Waals surface area contributed by atoms with E-state index in [-0.39, 0.29) is 5.91 Å². The molecule has 1 amide bonds. The molecular weight excluding hydrogens is 344 g/mol. The van der Waals surface area contributed by atoms with Gasteiger partial charge in [-0.1, -0.05) is 6.07 Å². The lowest BCUT2D eigenvalue weighted by molar-refractivity contribution is -0.673. The molecule has 27 heavy (non-hydrogen) atoms. The molecule has 0 aliphatic heterocycles. The van der Waals surface area contributed by atoms with E-state index >= 15 is 0 Å². The maximum absolute atomic E-state index is 12.7. The molecule has 0 aliphatic rings. The van der Waals surface area contributed by atoms with Gasteiger partial charge in [0.2, 0.25) is 0 Å². The van der Waals surface area contributed by atoms with Crippen molar-refractivity contribution < 1.29 is 24.0 Å². The van der Waals surface area contributed by atoms with Gasteiger partial charge in [-0.2, -0.15) is 0 Å². The molecule has 0 spiro atoms. The fraction of sp³-hybridized carbons (Fsp3) is 0.476. The van der Waals surface area contributed by atoms with Gasteiger partial charge in [-0.25, -0.2) is 0 Å². The first-order valence-electron chi connectivity index (χ1n) is 9.30. The van der Waals surface area contributed by atoms with E-state index in [1.165, 1.54) is 0 Å². The van der Waals surface area contributed by atoms with Crippen LogP contribution in [0.3, 0.4) is 0 Å². The van der Waals surface area contributed by atoms with Gasteiger partial charge in [0.1, 0.15) is 11.5 Å². The number of methoxy groups -OCH3 is 2. The molecule has 0 unspecified atom stereocenters. The highest BCUT2D eigenvalue weighted by atomic mass is 16.5. The Morgan fingerprint density at radius 1 is 1.15 bits per heavy atom. The number of hydrogen-bond acceptors (Lipinski definition) is 4. The van der Waals surface area contributed by atoms with E-state index in [9.17, 15) is 4.79 Å². The van der Waals surface area contributed by atoms with Gasteiger partial charge in [-0.3, -0.25) is 4.79 Å². The minimum absolute atomic E-state index is 0.109. The number of carbonyl (C=O) groups is 1. The van der Waals surface area contributed by atoms with Crippen LogP contribution in [-0.4, -0.2) is 44.2 Å². The van der Waals surface area contributed by atoms with Gasteiger partial charge >= 0.3 is 0 Å². The Hall–Kier alpha value is -2.47. The maximum atomic E-state index is 12.7. The lowest BCUT2D eigenvalue weighted by Crippen LogP contribution is -2.90. The Kier molecular flexibility index (Phi) is 7.73. The van der Waals surface area contributed by atoms with Crippen molar-refractivity contribution in [1.29, 1.82) is 0 Å². The van der Waals surface area contributed by atoms with E-state index in [1.54, 1.807) is 14.2 Å². The van der Waals surface area contributed by atoms with Gasteiger partial charge in [0, 0.05) is 6.54 Å². The van der Waals surface area contributed by atoms with Crippen LogP contribution in [0.4, 0.5) is 0 Å². The number of aryl methyl sites for hydroxylation is 1. The van der Waals surface area contributed by atoms with Crippen molar-refractivity contribution in [2.24, 2.45) is 0 Å². The van der Waals surface area contributed by atoms with Crippen LogP contribution in [0.25, 0.3) is 0 Å². The summed E-state index contributed by atoms with van der Waals surface area (Å²) in [6, 6.07) is 10.1. The van der Waals surface area contributed by atoms with Crippen LogP contribution in [-0.2, 0) is 17.8 Å². The summed E-state index contributed by atoms with van der Waals surface area (Å²) in [7, 11) is 3.24. The number of amides is 1. The number of carbonyl (C=O) groups excluding carboxylic acids is 1. The summed E-state index contributed by atoms with van der Waals surface area (Å²) in [5.74, 6) is 3.16. The minimum atomic E-state index is 0.109. The van der Waals surface area contributed by atoms with E-state index in [2.05, 4.69) is 13.8 Å². The fourth-order valence-electron chi connectivity index (χ4n) is 2.82. The summed E-state index contributed by atoms with van der Waals surface area (Å²) in [6.45, 7) is 7.59. The van der Waals surface area contributed by atoms with Crippen molar-refractivity contribution in [3.63, 3.8) is 0 Å². The van der Waals surface area contributed by atoms with Crippen LogP contribution in [0.1, 0.15) is 30.9 Å². The van der Waals surface area contributed by atoms with Crippen LogP contribution in [0, 0.1) is 6.92 Å². The molecule has 2 aromatic rings. The highest BCUT2D eigenvalue weighted by Crippen LogP contribution is 2.27. The molecule has 0 bridgehead atoms. The first-order valence-corrected chi connectivity index (χ1v) is 9.30. The third-order valence-electron chi connectivity index (χ3n) is 4.38. The van der Waals surface area contributed by atoms with Crippen LogP contribution in [0.2, 0.25) is 0 Å². The van der Waals surface area contributed by atoms with Crippen LogP contribution >= 0.6 is 0 Å². The second-order valence-electron chi connectivity index (χ2n) is 6.95. The van der Waals surface area contributed by atoms with Crippen molar-refractivity contribution in [3.8, 4) is 11.5 Å². The zero-order chi connectivity index (χ0) is 19.8. The van der Waals surface area contributed by atoms with E-state index in [0.29, 0.717) is 37.2 Å². The molecule has 148 valence electrons. The Labute approximate surface area is 161 Å². The number of ether oxygens (including phenoxy) is 2. The molecule has 0 aliphatic carbocycles. The molecule has 0 fully saturated rings. The largest absolute Gasteiger partial charge is 0.493 e. The van der Waals surface area contributed by atoms with Crippen LogP contribution in [0.5, 0.6) is 11.5 Å². The summed E-state index contributed by atoms with van der Waals surface area (Å²) in [5, 5.41) is 2.04. The predicted molar refractivity (Wildman–Crippen MR) is 104 cm³/mol. The molecule has 6 heteroatoms. The van der Waals surface area contributed by atoms with Crippen LogP contribution in [0.15, 0.2) is 34.7 Å². The van der Waals surface area contributed by atoms with E-state index in [0.717, 1.165) is 23.5 Å². The second-order valence-corrected chi connectivity index (χ2v) is 6.95. The molecule has 0 saturated heterocycles. The van der Waals surface area contributed by atoms with Crippen LogP contribution < -0.4 is 14.8 Å². The maximum Gasteiger partial charge on any atom is 0.278 e. The quantitative estimate of drug-likeness (QED) is 0.691. The molecular formula is C21H31N2O4+. The Bertz CT molecular complexity index is 740. The van der Waals surface area contributed by atoms with Gasteiger partial charge < -0.3 is 24.1 Å². The average molecular weight is 375 g/mol. The van der Waals surface area contributed by atoms with Crippen molar-refractivity contribution >= 4 is 5.91 Å². The SMILES string of the molecule is COc1ccc(CCN(Cc2ccc(C)o2)C(=O)C[NH2+]C(C)C)cc1OC. The second kappa shape index (κ2) is 10.0. The van der Waals surface area contributed by atoms with Gasteiger partial charge in [0.15, 0.2) is 18.0 Å². The van der Waals surface area contributed by atoms with Crippen molar-refractivity contribution in [2.75, 3.05) is 27.3 Å². The molecule has 2 rings (SSSR count). The summed E-state index contributed by atoms with van der Waals surface area (Å²) in [4.78, 5) is 14.6. The number of benzene rings is 1. The summed E-state index contributed by atoms with van der Waals surface area (Å²) < 4.78 is 16.3. The standard InChI is InChI=1S/C21H30N2O4/c1-15(2)22-13-21(24)23(14-18-8-6-16(3)27-18)11-10-17-7-9-19(25-4)20(12-17)26-5/h6-9,12,15,22H,10-11,13-14H2,1-5H3/p+1. The number of nitrogens with zero attached hydrogens (tertiary/aromatic N) is 1. The third-order valence-corrected chi connectivity index (χ3v) is 4.38. The molecule has 0 saturated carbocycles. The molecule has 1 aromatic carbocycles. The summed E-state index contributed by atoms with van der Waals surface area (Å²) >= 11 is 0. The number of hydrogen-bond donors (Lipinski definition) is 1. The number of rotatable bonds is 10. The predicted octanol–water partition coefficient (Wildman–Crippen LogP) is 2.15. The lowest BCUT2D eigenvalue weighted by Gasteiger charge is -2.22. The molecule has 6 nitrogen and oxygen atoms in total. The highest BCUT2D eigenvalue weighted by molar-refractivity contribution is 5.77. The Morgan fingerprint density at radius 2 is 1.89 bits per heavy atom. The molecule has 0 radical (unpaired) electrons. The number of furan rings is 1. The fourth-order valence-corrected chi connectivity index (χ4v) is 2.82. The first-order chi connectivity index (χ1) is 12.9. The summed E-state index contributed by atoms with van der Waals surface area (Å²) in [6.07, 6.45) is 0.730. The van der Waals surface area contributed by atoms with E-state index in [1.807, 2.05) is 47.5 Å². The molecule has 2 N–H and O–H groups in total. The van der Waals surface area contributed by atoms with Gasteiger partial charge in [0.05, 0.1) is 26.8 Å². The normalized spacial score (nSPS) is 10.9. The monoisotopic (exact) mass is 375 g/mol. The smallest absolute Gasteiger partial charge is 0.278 e. The molecule has 1 heterocycles. The topological polar surface area (TPSA) is 68.5 Å². The highest BCUT2D eigenvalue weighted by Gasteiger charge is 2.18. The number of nitrogens with two attached hydrogens (primary N) is 1. The van der Waals surface area contributed by atoms with Crippen molar-refractivity contribution in [1.82, 2.24) is 4.90 Å². The summed E-state index contributed by atoms with van der Waals surface area (Å²) in [5.41, 5.74) is 1.09. The zero-order valence-corrected chi connectivity index (χ0v) is 17.0. The van der Waals surface area contributed by atoms with E-state index < -0.39 is 0 Å². The third kappa shape index (κ3) is 6.32. The Morgan fingerprint density at radius 3 is 2.48 bits per heavy atom. The zero-order valence-electron chi connectivity index (χ0n) is 17.0.